The van der Waals surface area contributed by atoms with Gasteiger partial charge in [-0.1, -0.05) is 84.4 Å². The van der Waals surface area contributed by atoms with Gasteiger partial charge in [0.05, 0.1) is 31.5 Å². The number of hydrogen-bond donors (Lipinski definition) is 1. The molecule has 1 saturated carbocycles. The summed E-state index contributed by atoms with van der Waals surface area (Å²) in [6, 6.07) is 23.1. The lowest BCUT2D eigenvalue weighted by atomic mass is 9.44. The topological polar surface area (TPSA) is 127 Å². The number of amides is 3. The smallest absolute Gasteiger partial charge is 0.423 e. The molecule has 6 unspecified atom stereocenters. The second-order valence-electron chi connectivity index (χ2n) is 12.2. The summed E-state index contributed by atoms with van der Waals surface area (Å²) in [4.78, 5) is 70.3. The largest absolute Gasteiger partial charge is 0.504 e. The number of Topliss-reactive ketones (excluding diaryl/α,β-unsaturated/α-hetero) is 1. The number of methoxy groups -OCH3 is 2. The maximum absolute atomic E-state index is 15.0. The first-order valence-corrected chi connectivity index (χ1v) is 15.2. The van der Waals surface area contributed by atoms with E-state index in [1.165, 1.54) is 13.2 Å². The number of hydrogen-bond acceptors (Lipinski definition) is 8. The highest BCUT2D eigenvalue weighted by Gasteiger charge is 2.66. The molecule has 3 aromatic rings. The van der Waals surface area contributed by atoms with Crippen LogP contribution in [-0.4, -0.2) is 53.7 Å². The maximum Gasteiger partial charge on any atom is 0.423 e. The number of rotatable bonds is 4. The number of para-hydroxylation sites is 1. The third kappa shape index (κ3) is 3.97. The van der Waals surface area contributed by atoms with Gasteiger partial charge < -0.3 is 14.6 Å². The Hall–Kier alpha value is -5.31. The van der Waals surface area contributed by atoms with Gasteiger partial charge >= 0.3 is 6.09 Å². The standard InChI is InChI=1S/C37H31NO8/c1-45-28-15-9-14-24(33(28)41)31-22-16-17-23-30(35(43)38(34(23)42)36(44)46-2)26(22)18-27-32(40)25(20-10-5-3-6-11-20)19-29(39)37(27,31)21-12-7-4-8-13-21/h3-16,19,23,26-27,30-31,41H,17-18H2,1-2H3. The molecule has 6 atom stereocenters. The molecule has 0 spiro atoms. The van der Waals surface area contributed by atoms with Crippen LogP contribution < -0.4 is 4.74 Å². The quantitative estimate of drug-likeness (QED) is 0.321. The van der Waals surface area contributed by atoms with Crippen LogP contribution in [0.15, 0.2) is 96.6 Å². The number of ketones is 2. The lowest BCUT2D eigenvalue weighted by Gasteiger charge is -2.55. The molecule has 9 heteroatoms. The van der Waals surface area contributed by atoms with Gasteiger partial charge in [-0.2, -0.15) is 4.90 Å². The second-order valence-corrected chi connectivity index (χ2v) is 12.2. The summed E-state index contributed by atoms with van der Waals surface area (Å²) in [6.45, 7) is 0. The van der Waals surface area contributed by atoms with Crippen LogP contribution in [0, 0.1) is 23.7 Å². The number of allylic oxidation sites excluding steroid dienone is 4. The highest BCUT2D eigenvalue weighted by atomic mass is 16.5. The molecule has 3 aliphatic carbocycles. The Morgan fingerprint density at radius 3 is 2.24 bits per heavy atom. The number of phenolic OH excluding ortho intramolecular Hbond substituents is 1. The van der Waals surface area contributed by atoms with E-state index in [0.29, 0.717) is 27.2 Å². The Balaban J connectivity index is 1.52. The van der Waals surface area contributed by atoms with Gasteiger partial charge in [-0.25, -0.2) is 4.79 Å². The molecule has 1 aliphatic heterocycles. The molecule has 7 rings (SSSR count). The summed E-state index contributed by atoms with van der Waals surface area (Å²) in [5.41, 5.74) is 0.983. The molecule has 0 aromatic heterocycles. The fourth-order valence-electron chi connectivity index (χ4n) is 8.43. The molecule has 9 nitrogen and oxygen atoms in total. The van der Waals surface area contributed by atoms with Crippen molar-refractivity contribution in [2.45, 2.75) is 24.2 Å². The number of imide groups is 3. The normalized spacial score (nSPS) is 28.5. The average Bonchev–Trinajstić information content (AvgIpc) is 3.35. The molecule has 2 fully saturated rings. The summed E-state index contributed by atoms with van der Waals surface area (Å²) in [7, 11) is 2.53. The average molecular weight is 618 g/mol. The van der Waals surface area contributed by atoms with Crippen LogP contribution in [0.2, 0.25) is 0 Å². The van der Waals surface area contributed by atoms with E-state index in [2.05, 4.69) is 0 Å². The number of carbonyl (C=O) groups is 5. The van der Waals surface area contributed by atoms with Gasteiger partial charge in [-0.05, 0) is 42.0 Å². The van der Waals surface area contributed by atoms with E-state index < -0.39 is 52.9 Å². The second kappa shape index (κ2) is 10.9. The number of benzene rings is 3. The highest BCUT2D eigenvalue weighted by Crippen LogP contribution is 2.64. The first-order valence-electron chi connectivity index (χ1n) is 15.2. The lowest BCUT2D eigenvalue weighted by Crippen LogP contribution is -2.58. The van der Waals surface area contributed by atoms with Gasteiger partial charge in [0.15, 0.2) is 23.1 Å². The maximum atomic E-state index is 15.0. The van der Waals surface area contributed by atoms with Crippen molar-refractivity contribution in [3.63, 3.8) is 0 Å². The summed E-state index contributed by atoms with van der Waals surface area (Å²) in [5, 5.41) is 11.6. The molecule has 46 heavy (non-hydrogen) atoms. The van der Waals surface area contributed by atoms with Crippen LogP contribution >= 0.6 is 0 Å². The van der Waals surface area contributed by atoms with Crippen molar-refractivity contribution >= 4 is 35.0 Å². The van der Waals surface area contributed by atoms with Gasteiger partial charge in [0.25, 0.3) is 0 Å². The third-order valence-electron chi connectivity index (χ3n) is 10.3. The fraction of sp³-hybridized carbons (Fsp3) is 0.270. The van der Waals surface area contributed by atoms with Crippen LogP contribution in [0.5, 0.6) is 11.5 Å². The zero-order valence-electron chi connectivity index (χ0n) is 25.2. The zero-order chi connectivity index (χ0) is 32.3. The molecule has 0 radical (unpaired) electrons. The Kier molecular flexibility index (Phi) is 6.99. The number of fused-ring (bicyclic) bond motifs is 4. The molecule has 3 amide bonds. The van der Waals surface area contributed by atoms with Crippen LogP contribution in [0.25, 0.3) is 5.57 Å². The Labute approximate surface area is 265 Å². The van der Waals surface area contributed by atoms with E-state index in [9.17, 15) is 29.1 Å². The molecule has 232 valence electrons. The minimum absolute atomic E-state index is 0.0753. The molecule has 1 N–H and O–H groups in total. The number of ether oxygens (including phenoxy) is 2. The van der Waals surface area contributed by atoms with E-state index >= 15 is 0 Å². The van der Waals surface area contributed by atoms with E-state index in [1.54, 1.807) is 42.5 Å². The highest BCUT2D eigenvalue weighted by molar-refractivity contribution is 6.31. The minimum Gasteiger partial charge on any atom is -0.504 e. The molecular formula is C37H31NO8. The van der Waals surface area contributed by atoms with E-state index in [-0.39, 0.29) is 41.5 Å². The summed E-state index contributed by atoms with van der Waals surface area (Å²) < 4.78 is 10.3. The van der Waals surface area contributed by atoms with E-state index in [1.807, 2.05) is 42.5 Å². The number of phenols is 1. The molecular weight excluding hydrogens is 586 g/mol. The van der Waals surface area contributed by atoms with Crippen molar-refractivity contribution in [3.05, 3.63) is 113 Å². The monoisotopic (exact) mass is 617 g/mol. The summed E-state index contributed by atoms with van der Waals surface area (Å²) in [6.07, 6.45) is 2.43. The third-order valence-corrected chi connectivity index (χ3v) is 10.3. The van der Waals surface area contributed by atoms with Crippen molar-refractivity contribution < 1.29 is 38.6 Å². The van der Waals surface area contributed by atoms with Crippen molar-refractivity contribution in [2.75, 3.05) is 14.2 Å². The molecule has 1 heterocycles. The van der Waals surface area contributed by atoms with Crippen molar-refractivity contribution in [1.29, 1.82) is 0 Å². The van der Waals surface area contributed by atoms with Gasteiger partial charge in [-0.3, -0.25) is 19.2 Å². The minimum atomic E-state index is -1.50. The Morgan fingerprint density at radius 1 is 0.870 bits per heavy atom. The molecule has 4 aliphatic rings. The number of nitrogens with zero attached hydrogens (tertiary/aromatic N) is 1. The summed E-state index contributed by atoms with van der Waals surface area (Å²) in [5.74, 6) is -6.26. The van der Waals surface area contributed by atoms with Crippen LogP contribution in [0.3, 0.4) is 0 Å². The van der Waals surface area contributed by atoms with E-state index in [4.69, 9.17) is 9.47 Å². The number of likely N-dealkylation sites (tertiary alicyclic amines) is 1. The van der Waals surface area contributed by atoms with Crippen LogP contribution in [0.4, 0.5) is 4.79 Å². The van der Waals surface area contributed by atoms with Crippen LogP contribution in [0.1, 0.15) is 35.4 Å². The van der Waals surface area contributed by atoms with E-state index in [0.717, 1.165) is 7.11 Å². The predicted octanol–water partition coefficient (Wildman–Crippen LogP) is 4.99. The molecule has 3 aromatic carbocycles. The summed E-state index contributed by atoms with van der Waals surface area (Å²) >= 11 is 0. The van der Waals surface area contributed by atoms with Gasteiger partial charge in [0.2, 0.25) is 11.8 Å². The van der Waals surface area contributed by atoms with Gasteiger partial charge in [0, 0.05) is 23.0 Å². The molecule has 1 saturated heterocycles. The number of carbonyl (C=O) groups excluding carboxylic acids is 5. The Bertz CT molecular complexity index is 1860. The van der Waals surface area contributed by atoms with Crippen molar-refractivity contribution in [2.24, 2.45) is 23.7 Å². The molecule has 0 bridgehead atoms. The lowest BCUT2D eigenvalue weighted by molar-refractivity contribution is -0.138. The fourth-order valence-corrected chi connectivity index (χ4v) is 8.43. The predicted molar refractivity (Wildman–Crippen MR) is 165 cm³/mol. The first-order chi connectivity index (χ1) is 22.2. The number of aromatic hydroxyl groups is 1. The SMILES string of the molecule is COC(=O)N1C(=O)C2CC=C3C(CC4C(=O)C(c5ccccc5)=CC(=O)C4(c4ccccc4)C3c3cccc(OC)c3O)C2C1=O. The van der Waals surface area contributed by atoms with Gasteiger partial charge in [-0.15, -0.1) is 0 Å². The first kappa shape index (κ1) is 29.4. The zero-order valence-corrected chi connectivity index (χ0v) is 25.2. The van der Waals surface area contributed by atoms with Crippen molar-refractivity contribution in [1.82, 2.24) is 4.90 Å². The van der Waals surface area contributed by atoms with Crippen molar-refractivity contribution in [3.8, 4) is 11.5 Å². The van der Waals surface area contributed by atoms with Gasteiger partial charge in [0.1, 0.15) is 0 Å². The van der Waals surface area contributed by atoms with Crippen LogP contribution in [-0.2, 0) is 29.3 Å². The Morgan fingerprint density at radius 2 is 1.57 bits per heavy atom.